The zero-order chi connectivity index (χ0) is 19.0. The summed E-state index contributed by atoms with van der Waals surface area (Å²) in [5, 5.41) is 9.08. The molecule has 12 heteroatoms. The van der Waals surface area contributed by atoms with Gasteiger partial charge >= 0.3 is 12.5 Å². The van der Waals surface area contributed by atoms with Crippen LogP contribution in [-0.4, -0.2) is 15.9 Å². The molecule has 0 N–H and O–H groups in total. The molecule has 25 heavy (non-hydrogen) atoms. The minimum absolute atomic E-state index is 0.186. The molecule has 0 unspecified atom stereocenters. The van der Waals surface area contributed by atoms with Crippen LogP contribution in [0.2, 0.25) is 0 Å². The first-order valence-corrected chi connectivity index (χ1v) is 6.87. The zero-order valence-corrected chi connectivity index (χ0v) is 13.2. The van der Waals surface area contributed by atoms with Crippen molar-refractivity contribution in [1.29, 1.82) is 5.26 Å². The first-order chi connectivity index (χ1) is 11.4. The molecule has 0 saturated heterocycles. The van der Waals surface area contributed by atoms with Crippen LogP contribution in [0.5, 0.6) is 5.75 Å². The highest BCUT2D eigenvalue weighted by Crippen LogP contribution is 2.32. The van der Waals surface area contributed by atoms with Crippen LogP contribution in [0.3, 0.4) is 0 Å². The van der Waals surface area contributed by atoms with E-state index in [2.05, 4.69) is 25.7 Å². The van der Waals surface area contributed by atoms with E-state index in [9.17, 15) is 31.1 Å². The fourth-order valence-corrected chi connectivity index (χ4v) is 2.45. The van der Waals surface area contributed by atoms with Gasteiger partial charge in [0.25, 0.3) is 5.56 Å². The molecule has 0 saturated carbocycles. The Hall–Kier alpha value is -2.55. The van der Waals surface area contributed by atoms with Gasteiger partial charge in [0.1, 0.15) is 18.1 Å². The van der Waals surface area contributed by atoms with Gasteiger partial charge in [0.2, 0.25) is 0 Å². The summed E-state index contributed by atoms with van der Waals surface area (Å²) in [6, 6.07) is 3.25. The lowest BCUT2D eigenvalue weighted by atomic mass is 10.2. The number of ether oxygens (including phenoxy) is 1. The van der Waals surface area contributed by atoms with E-state index in [0.29, 0.717) is 17.0 Å². The first kappa shape index (κ1) is 18.8. The highest BCUT2D eigenvalue weighted by Gasteiger charge is 2.34. The van der Waals surface area contributed by atoms with Gasteiger partial charge in [-0.3, -0.25) is 9.36 Å². The quantitative estimate of drug-likeness (QED) is 0.684. The summed E-state index contributed by atoms with van der Waals surface area (Å²) in [4.78, 5) is 15.0. The number of nitriles is 1. The Bertz CT molecular complexity index is 914. The van der Waals surface area contributed by atoms with Crippen LogP contribution >= 0.6 is 15.9 Å². The van der Waals surface area contributed by atoms with Gasteiger partial charge in [-0.2, -0.15) is 18.4 Å². The van der Waals surface area contributed by atoms with E-state index in [1.165, 1.54) is 0 Å². The van der Waals surface area contributed by atoms with Crippen molar-refractivity contribution in [1.82, 2.24) is 9.55 Å². The molecule has 0 aliphatic rings. The largest absolute Gasteiger partial charge is 0.573 e. The summed E-state index contributed by atoms with van der Waals surface area (Å²) in [6.07, 6.45) is -9.34. The van der Waals surface area contributed by atoms with Crippen LogP contribution in [-0.2, 0) is 6.18 Å². The van der Waals surface area contributed by atoms with Gasteiger partial charge in [-0.25, -0.2) is 4.98 Å². The van der Waals surface area contributed by atoms with Crippen molar-refractivity contribution < 1.29 is 31.1 Å². The molecule has 0 fully saturated rings. The van der Waals surface area contributed by atoms with Crippen molar-refractivity contribution >= 4 is 15.9 Å². The summed E-state index contributed by atoms with van der Waals surface area (Å²) in [6.45, 7) is 0. The maximum absolute atomic E-state index is 12.5. The van der Waals surface area contributed by atoms with E-state index in [1.807, 2.05) is 0 Å². The Morgan fingerprint density at radius 2 is 1.80 bits per heavy atom. The molecule has 132 valence electrons. The molecule has 1 aromatic carbocycles. The maximum Gasteiger partial charge on any atom is 0.573 e. The molecule has 0 spiro atoms. The highest BCUT2D eigenvalue weighted by molar-refractivity contribution is 9.10. The number of hydrogen-bond donors (Lipinski definition) is 0. The van der Waals surface area contributed by atoms with Crippen LogP contribution in [0.15, 0.2) is 33.8 Å². The predicted molar refractivity (Wildman–Crippen MR) is 73.9 cm³/mol. The summed E-state index contributed by atoms with van der Waals surface area (Å²) >= 11 is 2.87. The molecule has 2 rings (SSSR count). The molecule has 0 aliphatic carbocycles. The molecule has 0 aliphatic heterocycles. The highest BCUT2D eigenvalue weighted by atomic mass is 79.9. The second-order valence-corrected chi connectivity index (χ2v) is 5.30. The standard InChI is InChI=1S/C13H4BrF6N3O2/c14-8-2-7(25-13(18,19)20)1-6(4-21)11(8)23-5-22-9(3-10(23)24)12(15,16)17/h1-3,5H. The lowest BCUT2D eigenvalue weighted by Gasteiger charge is -2.14. The minimum Gasteiger partial charge on any atom is -0.406 e. The number of halogens is 7. The molecule has 0 radical (unpaired) electrons. The zero-order valence-electron chi connectivity index (χ0n) is 11.6. The number of hydrogen-bond acceptors (Lipinski definition) is 4. The lowest BCUT2D eigenvalue weighted by Crippen LogP contribution is -2.23. The molecule has 0 bridgehead atoms. The van der Waals surface area contributed by atoms with Crippen molar-refractivity contribution in [3.63, 3.8) is 0 Å². The minimum atomic E-state index is -5.01. The molecule has 5 nitrogen and oxygen atoms in total. The van der Waals surface area contributed by atoms with Crippen molar-refractivity contribution in [3.8, 4) is 17.5 Å². The summed E-state index contributed by atoms with van der Waals surface area (Å²) in [5.74, 6) is -0.743. The van der Waals surface area contributed by atoms with Crippen LogP contribution in [0.1, 0.15) is 11.3 Å². The Morgan fingerprint density at radius 3 is 2.28 bits per heavy atom. The molecule has 0 atom stereocenters. The molecule has 0 amide bonds. The van der Waals surface area contributed by atoms with E-state index < -0.39 is 35.1 Å². The molecule has 1 heterocycles. The van der Waals surface area contributed by atoms with Crippen molar-refractivity contribution in [2.75, 3.05) is 0 Å². The van der Waals surface area contributed by atoms with Crippen LogP contribution in [0.25, 0.3) is 5.69 Å². The van der Waals surface area contributed by atoms with E-state index in [1.54, 1.807) is 6.07 Å². The van der Waals surface area contributed by atoms with E-state index in [4.69, 9.17) is 5.26 Å². The number of rotatable bonds is 2. The van der Waals surface area contributed by atoms with Crippen LogP contribution in [0.4, 0.5) is 26.3 Å². The third kappa shape index (κ3) is 4.30. The Kier molecular flexibility index (Phi) is 4.81. The normalized spacial score (nSPS) is 11.9. The average molecular weight is 428 g/mol. The number of nitrogens with zero attached hydrogens (tertiary/aromatic N) is 3. The second-order valence-electron chi connectivity index (χ2n) is 4.44. The number of benzene rings is 1. The van der Waals surface area contributed by atoms with E-state index in [0.717, 1.165) is 6.07 Å². The fourth-order valence-electron chi connectivity index (χ4n) is 1.82. The van der Waals surface area contributed by atoms with Crippen molar-refractivity contribution in [3.05, 3.63) is 50.6 Å². The van der Waals surface area contributed by atoms with Crippen LogP contribution in [0, 0.1) is 11.3 Å². The van der Waals surface area contributed by atoms with Gasteiger partial charge in [-0.1, -0.05) is 0 Å². The Morgan fingerprint density at radius 1 is 1.16 bits per heavy atom. The van der Waals surface area contributed by atoms with Gasteiger partial charge in [0.15, 0.2) is 5.69 Å². The number of alkyl halides is 6. The summed E-state index contributed by atoms with van der Waals surface area (Å²) in [5.41, 5.74) is -3.34. The number of aromatic nitrogens is 2. The topological polar surface area (TPSA) is 67.9 Å². The van der Waals surface area contributed by atoms with Gasteiger partial charge in [0, 0.05) is 16.6 Å². The van der Waals surface area contributed by atoms with Gasteiger partial charge in [-0.15, -0.1) is 13.2 Å². The average Bonchev–Trinajstić information content (AvgIpc) is 2.44. The predicted octanol–water partition coefficient (Wildman–Crippen LogP) is 3.78. The Balaban J connectivity index is 2.61. The second kappa shape index (κ2) is 6.40. The molecular formula is C13H4BrF6N3O2. The SMILES string of the molecule is N#Cc1cc(OC(F)(F)F)cc(Br)c1-n1cnc(C(F)(F)F)cc1=O. The summed E-state index contributed by atoms with van der Waals surface area (Å²) in [7, 11) is 0. The van der Waals surface area contributed by atoms with Crippen LogP contribution < -0.4 is 10.3 Å². The smallest absolute Gasteiger partial charge is 0.406 e. The van der Waals surface area contributed by atoms with Gasteiger partial charge in [-0.05, 0) is 22.0 Å². The monoisotopic (exact) mass is 427 g/mol. The first-order valence-electron chi connectivity index (χ1n) is 6.08. The van der Waals surface area contributed by atoms with Crippen molar-refractivity contribution in [2.24, 2.45) is 0 Å². The third-order valence-electron chi connectivity index (χ3n) is 2.73. The lowest BCUT2D eigenvalue weighted by molar-refractivity contribution is -0.274. The summed E-state index contributed by atoms with van der Waals surface area (Å²) < 4.78 is 78.5. The third-order valence-corrected chi connectivity index (χ3v) is 3.34. The van der Waals surface area contributed by atoms with Gasteiger partial charge < -0.3 is 4.74 Å². The molecule has 1 aromatic heterocycles. The molecular weight excluding hydrogens is 424 g/mol. The molecule has 2 aromatic rings. The maximum atomic E-state index is 12.5. The van der Waals surface area contributed by atoms with Gasteiger partial charge in [0.05, 0.1) is 11.3 Å². The van der Waals surface area contributed by atoms with Crippen molar-refractivity contribution in [2.45, 2.75) is 12.5 Å². The Labute approximate surface area is 143 Å². The van der Waals surface area contributed by atoms with E-state index in [-0.39, 0.29) is 16.2 Å². The fraction of sp³-hybridized carbons (Fsp3) is 0.154. The van der Waals surface area contributed by atoms with E-state index >= 15 is 0 Å².